The zero-order valence-corrected chi connectivity index (χ0v) is 11.9. The molecule has 0 bridgehead atoms. The summed E-state index contributed by atoms with van der Waals surface area (Å²) >= 11 is 6.02. The van der Waals surface area contributed by atoms with Crippen LogP contribution in [0.2, 0.25) is 5.02 Å². The molecule has 1 heterocycles. The van der Waals surface area contributed by atoms with E-state index in [-0.39, 0.29) is 10.6 Å². The van der Waals surface area contributed by atoms with E-state index in [0.717, 1.165) is 25.1 Å². The maximum absolute atomic E-state index is 10.9. The third kappa shape index (κ3) is 3.01. The summed E-state index contributed by atoms with van der Waals surface area (Å²) in [5.74, 6) is -0.998. The number of hydrogen-bond donors (Lipinski definition) is 1. The summed E-state index contributed by atoms with van der Waals surface area (Å²) in [6.45, 7) is 3.03. The van der Waals surface area contributed by atoms with E-state index < -0.39 is 5.97 Å². The average molecular weight is 284 g/mol. The number of halogens is 1. The van der Waals surface area contributed by atoms with Gasteiger partial charge in [-0.15, -0.1) is 0 Å². The van der Waals surface area contributed by atoms with Crippen molar-refractivity contribution in [2.45, 2.75) is 31.9 Å². The Morgan fingerprint density at radius 1 is 1.53 bits per heavy atom. The van der Waals surface area contributed by atoms with Gasteiger partial charge in [-0.1, -0.05) is 11.6 Å². The summed E-state index contributed by atoms with van der Waals surface area (Å²) in [5.41, 5.74) is 1.11. The minimum absolute atomic E-state index is 0.143. The molecule has 0 saturated carbocycles. The van der Waals surface area contributed by atoms with Gasteiger partial charge in [0.05, 0.1) is 16.7 Å². The monoisotopic (exact) mass is 283 g/mol. The van der Waals surface area contributed by atoms with E-state index in [0.29, 0.717) is 12.1 Å². The highest BCUT2D eigenvalue weighted by atomic mass is 35.5. The second-order valence-corrected chi connectivity index (χ2v) is 5.30. The molecule has 1 saturated heterocycles. The highest BCUT2D eigenvalue weighted by Crippen LogP contribution is 2.29. The van der Waals surface area contributed by atoms with Gasteiger partial charge < -0.3 is 14.7 Å². The quantitative estimate of drug-likeness (QED) is 0.926. The van der Waals surface area contributed by atoms with Gasteiger partial charge in [0.2, 0.25) is 0 Å². The molecule has 1 aromatic rings. The van der Waals surface area contributed by atoms with Crippen LogP contribution in [0.5, 0.6) is 0 Å². The van der Waals surface area contributed by atoms with E-state index in [1.807, 2.05) is 6.07 Å². The first-order chi connectivity index (χ1) is 9.02. The molecule has 0 aromatic heterocycles. The molecule has 0 amide bonds. The minimum atomic E-state index is -0.998. The second-order valence-electron chi connectivity index (χ2n) is 4.89. The lowest BCUT2D eigenvalue weighted by atomic mass is 9.99. The first-order valence-corrected chi connectivity index (χ1v) is 6.73. The van der Waals surface area contributed by atoms with Gasteiger partial charge in [-0.25, -0.2) is 4.79 Å². The van der Waals surface area contributed by atoms with Crippen molar-refractivity contribution in [3.8, 4) is 0 Å². The van der Waals surface area contributed by atoms with E-state index in [1.165, 1.54) is 0 Å². The van der Waals surface area contributed by atoms with Gasteiger partial charge in [0.15, 0.2) is 0 Å². The number of benzene rings is 1. The molecule has 2 atom stereocenters. The molecule has 1 N–H and O–H groups in total. The Morgan fingerprint density at radius 2 is 2.26 bits per heavy atom. The highest BCUT2D eigenvalue weighted by molar-refractivity contribution is 6.33. The Kier molecular flexibility index (Phi) is 4.32. The van der Waals surface area contributed by atoms with Gasteiger partial charge in [0.25, 0.3) is 0 Å². The van der Waals surface area contributed by atoms with Crippen molar-refractivity contribution in [1.29, 1.82) is 0 Å². The van der Waals surface area contributed by atoms with Crippen molar-refractivity contribution in [3.05, 3.63) is 28.8 Å². The lowest BCUT2D eigenvalue weighted by Crippen LogP contribution is -2.43. The van der Waals surface area contributed by atoms with Crippen molar-refractivity contribution in [2.24, 2.45) is 0 Å². The van der Waals surface area contributed by atoms with Crippen LogP contribution in [-0.4, -0.2) is 36.9 Å². The van der Waals surface area contributed by atoms with Gasteiger partial charge >= 0.3 is 5.97 Å². The Labute approximate surface area is 117 Å². The fraction of sp³-hybridized carbons (Fsp3) is 0.500. The number of methoxy groups -OCH3 is 1. The number of anilines is 1. The van der Waals surface area contributed by atoms with Crippen LogP contribution in [-0.2, 0) is 4.74 Å². The highest BCUT2D eigenvalue weighted by Gasteiger charge is 2.26. The molecule has 5 heteroatoms. The summed E-state index contributed by atoms with van der Waals surface area (Å²) in [6.07, 6.45) is 2.24. The first kappa shape index (κ1) is 14.2. The third-order valence-corrected chi connectivity index (χ3v) is 3.99. The number of carboxylic acid groups (broad SMARTS) is 1. The Balaban J connectivity index is 2.19. The SMILES string of the molecule is COC1CCN(c2ccc(C(=O)O)c(Cl)c2)C(C)C1. The minimum Gasteiger partial charge on any atom is -0.478 e. The molecule has 19 heavy (non-hydrogen) atoms. The maximum atomic E-state index is 10.9. The third-order valence-electron chi connectivity index (χ3n) is 3.68. The Hall–Kier alpha value is -1.26. The first-order valence-electron chi connectivity index (χ1n) is 6.35. The van der Waals surface area contributed by atoms with Crippen LogP contribution in [0, 0.1) is 0 Å². The maximum Gasteiger partial charge on any atom is 0.337 e. The summed E-state index contributed by atoms with van der Waals surface area (Å²) < 4.78 is 5.39. The van der Waals surface area contributed by atoms with E-state index in [4.69, 9.17) is 21.4 Å². The van der Waals surface area contributed by atoms with E-state index in [2.05, 4.69) is 11.8 Å². The van der Waals surface area contributed by atoms with E-state index >= 15 is 0 Å². The molecule has 4 nitrogen and oxygen atoms in total. The predicted molar refractivity (Wildman–Crippen MR) is 75.3 cm³/mol. The van der Waals surface area contributed by atoms with Gasteiger partial charge in [0, 0.05) is 25.4 Å². The number of carbonyl (C=O) groups is 1. The molecule has 1 aliphatic rings. The Morgan fingerprint density at radius 3 is 2.79 bits per heavy atom. The second kappa shape index (κ2) is 5.80. The van der Waals surface area contributed by atoms with Crippen LogP contribution >= 0.6 is 11.6 Å². The summed E-state index contributed by atoms with van der Waals surface area (Å²) in [5, 5.41) is 9.25. The topological polar surface area (TPSA) is 49.8 Å². The molecule has 1 fully saturated rings. The van der Waals surface area contributed by atoms with Crippen molar-refractivity contribution in [2.75, 3.05) is 18.6 Å². The van der Waals surface area contributed by atoms with E-state index in [1.54, 1.807) is 19.2 Å². The number of hydrogen-bond acceptors (Lipinski definition) is 3. The smallest absolute Gasteiger partial charge is 0.337 e. The molecule has 0 spiro atoms. The molecular formula is C14H18ClNO3. The zero-order chi connectivity index (χ0) is 14.0. The average Bonchev–Trinajstić information content (AvgIpc) is 2.37. The number of aromatic carboxylic acids is 1. The van der Waals surface area contributed by atoms with Crippen LogP contribution < -0.4 is 4.90 Å². The van der Waals surface area contributed by atoms with Crippen LogP contribution in [0.3, 0.4) is 0 Å². The number of ether oxygens (including phenoxy) is 1. The standard InChI is InChI=1S/C14H18ClNO3/c1-9-7-11(19-2)5-6-16(9)10-3-4-12(14(17)18)13(15)8-10/h3-4,8-9,11H,5-7H2,1-2H3,(H,17,18). The van der Waals surface area contributed by atoms with E-state index in [9.17, 15) is 4.79 Å². The lowest BCUT2D eigenvalue weighted by Gasteiger charge is -2.38. The van der Waals surface area contributed by atoms with Crippen LogP contribution in [0.4, 0.5) is 5.69 Å². The normalized spacial score (nSPS) is 23.4. The van der Waals surface area contributed by atoms with Crippen molar-refractivity contribution in [3.63, 3.8) is 0 Å². The molecule has 0 radical (unpaired) electrons. The van der Waals surface area contributed by atoms with Crippen molar-refractivity contribution < 1.29 is 14.6 Å². The molecule has 0 aliphatic carbocycles. The van der Waals surface area contributed by atoms with Crippen LogP contribution in [0.15, 0.2) is 18.2 Å². The molecule has 2 rings (SSSR count). The van der Waals surface area contributed by atoms with Crippen molar-refractivity contribution >= 4 is 23.3 Å². The summed E-state index contributed by atoms with van der Waals surface area (Å²) in [7, 11) is 1.74. The van der Waals surface area contributed by atoms with Gasteiger partial charge in [-0.2, -0.15) is 0 Å². The lowest BCUT2D eigenvalue weighted by molar-refractivity contribution is 0.0697. The number of rotatable bonds is 3. The van der Waals surface area contributed by atoms with Crippen LogP contribution in [0.1, 0.15) is 30.1 Å². The van der Waals surface area contributed by atoms with Crippen molar-refractivity contribution in [1.82, 2.24) is 0 Å². The fourth-order valence-electron chi connectivity index (χ4n) is 2.58. The summed E-state index contributed by atoms with van der Waals surface area (Å²) in [4.78, 5) is 13.2. The molecule has 104 valence electrons. The number of nitrogens with zero attached hydrogens (tertiary/aromatic N) is 1. The summed E-state index contributed by atoms with van der Waals surface area (Å²) in [6, 6.07) is 5.47. The van der Waals surface area contributed by atoms with Gasteiger partial charge in [-0.3, -0.25) is 0 Å². The largest absolute Gasteiger partial charge is 0.478 e. The Bertz CT molecular complexity index is 478. The number of piperidine rings is 1. The van der Waals surface area contributed by atoms with Gasteiger partial charge in [-0.05, 0) is 38.0 Å². The zero-order valence-electron chi connectivity index (χ0n) is 11.1. The van der Waals surface area contributed by atoms with Crippen LogP contribution in [0.25, 0.3) is 0 Å². The molecule has 1 aliphatic heterocycles. The number of carboxylic acids is 1. The predicted octanol–water partition coefficient (Wildman–Crippen LogP) is 3.04. The molecule has 2 unspecified atom stereocenters. The fourth-order valence-corrected chi connectivity index (χ4v) is 2.84. The molecule has 1 aromatic carbocycles. The molecular weight excluding hydrogens is 266 g/mol. The van der Waals surface area contributed by atoms with Gasteiger partial charge in [0.1, 0.15) is 0 Å².